The highest BCUT2D eigenvalue weighted by Crippen LogP contribution is 2.36. The third-order valence-electron chi connectivity index (χ3n) is 3.59. The summed E-state index contributed by atoms with van der Waals surface area (Å²) in [6, 6.07) is 8.08. The van der Waals surface area contributed by atoms with Crippen molar-refractivity contribution in [2.75, 3.05) is 11.4 Å². The van der Waals surface area contributed by atoms with Crippen LogP contribution in [0, 0.1) is 0 Å². The van der Waals surface area contributed by atoms with Crippen LogP contribution in [-0.4, -0.2) is 22.2 Å². The van der Waals surface area contributed by atoms with Crippen molar-refractivity contribution in [1.82, 2.24) is 0 Å². The maximum absolute atomic E-state index is 12.2. The van der Waals surface area contributed by atoms with E-state index in [1.54, 1.807) is 24.3 Å². The van der Waals surface area contributed by atoms with Gasteiger partial charge in [-0.2, -0.15) is 0 Å². The first-order chi connectivity index (χ1) is 11.4. The minimum atomic E-state index is -2.01. The van der Waals surface area contributed by atoms with Crippen LogP contribution in [0.2, 0.25) is 0 Å². The molecule has 1 aliphatic heterocycles. The number of aryl methyl sites for hydroxylation is 1. The van der Waals surface area contributed by atoms with Crippen molar-refractivity contribution in [3.8, 4) is 5.75 Å². The number of furan rings is 1. The molecule has 126 valence electrons. The molecule has 0 atom stereocenters. The van der Waals surface area contributed by atoms with Crippen molar-refractivity contribution in [3.63, 3.8) is 0 Å². The molecule has 0 fully saturated rings. The summed E-state index contributed by atoms with van der Waals surface area (Å²) in [6.07, 6.45) is 2.84. The second-order valence-electron chi connectivity index (χ2n) is 5.22. The van der Waals surface area contributed by atoms with Crippen molar-refractivity contribution in [2.45, 2.75) is 16.6 Å². The monoisotopic (exact) mass is 387 g/mol. The van der Waals surface area contributed by atoms with Gasteiger partial charge in [0, 0.05) is 12.2 Å². The van der Waals surface area contributed by atoms with Gasteiger partial charge >= 0.3 is 5.97 Å². The van der Waals surface area contributed by atoms with Crippen LogP contribution in [-0.2, 0) is 11.2 Å². The lowest BCUT2D eigenvalue weighted by molar-refractivity contribution is -0.117. The molecule has 0 saturated carbocycles. The number of anilines is 1. The van der Waals surface area contributed by atoms with Gasteiger partial charge in [-0.1, -0.05) is 34.8 Å². The van der Waals surface area contributed by atoms with Crippen molar-refractivity contribution in [2.24, 2.45) is 0 Å². The Hall–Kier alpha value is -1.69. The zero-order chi connectivity index (χ0) is 17.3. The number of hydrogen-bond donors (Lipinski definition) is 0. The smallest absolute Gasteiger partial charge is 0.379 e. The van der Waals surface area contributed by atoms with Gasteiger partial charge in [0.1, 0.15) is 5.75 Å². The van der Waals surface area contributed by atoms with E-state index in [0.29, 0.717) is 18.0 Å². The Bertz CT molecular complexity index is 768. The second-order valence-corrected chi connectivity index (χ2v) is 7.50. The normalized spacial score (nSPS) is 14.2. The lowest BCUT2D eigenvalue weighted by atomic mass is 10.0. The van der Waals surface area contributed by atoms with E-state index in [9.17, 15) is 9.59 Å². The number of carbonyl (C=O) groups excluding carboxylic acids is 2. The quantitative estimate of drug-likeness (QED) is 0.440. The van der Waals surface area contributed by atoms with Gasteiger partial charge in [-0.25, -0.2) is 4.79 Å². The Morgan fingerprint density at radius 3 is 2.67 bits per heavy atom. The molecule has 1 aromatic heterocycles. The molecule has 2 heterocycles. The predicted molar refractivity (Wildman–Crippen MR) is 91.1 cm³/mol. The van der Waals surface area contributed by atoms with Gasteiger partial charge in [0.15, 0.2) is 0 Å². The van der Waals surface area contributed by atoms with Gasteiger partial charge in [-0.05, 0) is 48.7 Å². The number of amides is 1. The van der Waals surface area contributed by atoms with Crippen LogP contribution < -0.4 is 9.64 Å². The summed E-state index contributed by atoms with van der Waals surface area (Å²) in [7, 11) is 0. The number of halogens is 3. The van der Waals surface area contributed by atoms with Gasteiger partial charge in [0.05, 0.1) is 6.26 Å². The molecule has 5 nitrogen and oxygen atoms in total. The second kappa shape index (κ2) is 6.67. The topological polar surface area (TPSA) is 59.8 Å². The third kappa shape index (κ3) is 3.53. The highest BCUT2D eigenvalue weighted by Gasteiger charge is 2.37. The fourth-order valence-corrected chi connectivity index (χ4v) is 2.86. The Labute approximate surface area is 153 Å². The first-order valence-electron chi connectivity index (χ1n) is 7.13. The van der Waals surface area contributed by atoms with Gasteiger partial charge in [-0.3, -0.25) is 4.79 Å². The van der Waals surface area contributed by atoms with E-state index in [-0.39, 0.29) is 5.76 Å². The molecular weight excluding hydrogens is 377 g/mol. The first-order valence-corrected chi connectivity index (χ1v) is 8.27. The van der Waals surface area contributed by atoms with E-state index < -0.39 is 15.7 Å². The van der Waals surface area contributed by atoms with Crippen LogP contribution in [0.1, 0.15) is 22.5 Å². The van der Waals surface area contributed by atoms with E-state index in [1.807, 2.05) is 0 Å². The van der Waals surface area contributed by atoms with E-state index in [4.69, 9.17) is 44.0 Å². The van der Waals surface area contributed by atoms with E-state index in [1.165, 1.54) is 17.2 Å². The number of benzene rings is 1. The molecule has 1 aliphatic rings. The van der Waals surface area contributed by atoms with Gasteiger partial charge in [0.25, 0.3) is 9.70 Å². The summed E-state index contributed by atoms with van der Waals surface area (Å²) in [4.78, 5) is 25.6. The van der Waals surface area contributed by atoms with Crippen molar-refractivity contribution in [3.05, 3.63) is 47.9 Å². The number of nitrogens with zero attached hydrogens (tertiary/aromatic N) is 1. The minimum absolute atomic E-state index is 0.112. The molecule has 24 heavy (non-hydrogen) atoms. The highest BCUT2D eigenvalue weighted by molar-refractivity contribution is 6.77. The van der Waals surface area contributed by atoms with E-state index in [2.05, 4.69) is 0 Å². The lowest BCUT2D eigenvalue weighted by Crippen LogP contribution is -2.42. The summed E-state index contributed by atoms with van der Waals surface area (Å²) in [5, 5.41) is 0. The average molecular weight is 389 g/mol. The highest BCUT2D eigenvalue weighted by atomic mass is 35.6. The molecule has 3 rings (SSSR count). The van der Waals surface area contributed by atoms with Gasteiger partial charge in [-0.15, -0.1) is 0 Å². The molecule has 0 N–H and O–H groups in total. The van der Waals surface area contributed by atoms with Crippen molar-refractivity contribution < 1.29 is 18.7 Å². The third-order valence-corrected chi connectivity index (χ3v) is 4.08. The van der Waals surface area contributed by atoms with Crippen LogP contribution >= 0.6 is 34.8 Å². The van der Waals surface area contributed by atoms with Gasteiger partial charge < -0.3 is 14.1 Å². The SMILES string of the molecule is O=C(Oc1ccc2c(c1)CCCN2C(=O)C(Cl)(Cl)Cl)c1ccco1. The number of carbonyl (C=O) groups is 2. The van der Waals surface area contributed by atoms with Crippen LogP contribution in [0.5, 0.6) is 5.75 Å². The lowest BCUT2D eigenvalue weighted by Gasteiger charge is -2.31. The molecule has 0 unspecified atom stereocenters. The predicted octanol–water partition coefficient (Wildman–Crippen LogP) is 4.15. The molecule has 2 aromatic rings. The minimum Gasteiger partial charge on any atom is -0.457 e. The summed E-state index contributed by atoms with van der Waals surface area (Å²) in [5.41, 5.74) is 1.49. The Morgan fingerprint density at radius 1 is 1.21 bits per heavy atom. The Balaban J connectivity index is 1.83. The maximum Gasteiger partial charge on any atom is 0.379 e. The standard InChI is InChI=1S/C16H12Cl3NO4/c17-16(18,19)15(22)20-7-1-3-10-9-11(5-6-12(10)20)24-14(21)13-4-2-8-23-13/h2,4-6,8-9H,1,3,7H2. The molecule has 0 saturated heterocycles. The van der Waals surface area contributed by atoms with Crippen molar-refractivity contribution in [1.29, 1.82) is 0 Å². The average Bonchev–Trinajstić information content (AvgIpc) is 3.07. The molecule has 0 aliphatic carbocycles. The van der Waals surface area contributed by atoms with E-state index >= 15 is 0 Å². The summed E-state index contributed by atoms with van der Waals surface area (Å²) in [5.74, 6) is -0.724. The van der Waals surface area contributed by atoms with Crippen LogP contribution in [0.15, 0.2) is 41.0 Å². The number of ether oxygens (including phenoxy) is 1. The fraction of sp³-hybridized carbons (Fsp3) is 0.250. The number of esters is 1. The number of hydrogen-bond acceptors (Lipinski definition) is 4. The Kier molecular flexibility index (Phi) is 4.76. The molecule has 8 heteroatoms. The summed E-state index contributed by atoms with van der Waals surface area (Å²) >= 11 is 17.1. The molecular formula is C16H12Cl3NO4. The van der Waals surface area contributed by atoms with Crippen LogP contribution in [0.25, 0.3) is 0 Å². The summed E-state index contributed by atoms with van der Waals surface area (Å²) in [6.45, 7) is 0.464. The van der Waals surface area contributed by atoms with Crippen LogP contribution in [0.3, 0.4) is 0 Å². The molecule has 1 amide bonds. The van der Waals surface area contributed by atoms with Crippen LogP contribution in [0.4, 0.5) is 5.69 Å². The largest absolute Gasteiger partial charge is 0.457 e. The Morgan fingerprint density at radius 2 is 2.00 bits per heavy atom. The number of fused-ring (bicyclic) bond motifs is 1. The molecule has 0 spiro atoms. The van der Waals surface area contributed by atoms with Gasteiger partial charge in [0.2, 0.25) is 5.76 Å². The number of rotatable bonds is 2. The fourth-order valence-electron chi connectivity index (χ4n) is 2.55. The molecule has 0 bridgehead atoms. The zero-order valence-corrected chi connectivity index (χ0v) is 14.6. The van der Waals surface area contributed by atoms with E-state index in [0.717, 1.165) is 18.4 Å². The number of alkyl halides is 3. The maximum atomic E-state index is 12.2. The molecule has 1 aromatic carbocycles. The first kappa shape index (κ1) is 17.1. The zero-order valence-electron chi connectivity index (χ0n) is 12.3. The molecule has 0 radical (unpaired) electrons. The summed E-state index contributed by atoms with van der Waals surface area (Å²) < 4.78 is 8.25. The van der Waals surface area contributed by atoms with Crippen molar-refractivity contribution >= 4 is 52.4 Å².